The van der Waals surface area contributed by atoms with Crippen LogP contribution in [0.1, 0.15) is 19.3 Å². The summed E-state index contributed by atoms with van der Waals surface area (Å²) >= 11 is 11.3. The molecule has 0 amide bonds. The van der Waals surface area contributed by atoms with Crippen LogP contribution >= 0.6 is 23.2 Å². The Morgan fingerprint density at radius 3 is 2.75 bits per heavy atom. The molecule has 5 heteroatoms. The van der Waals surface area contributed by atoms with Gasteiger partial charge >= 0.3 is 5.97 Å². The fourth-order valence-corrected chi connectivity index (χ4v) is 3.35. The lowest BCUT2D eigenvalue weighted by Gasteiger charge is -2.28. The Hall–Kier alpha value is -0.250. The highest BCUT2D eigenvalue weighted by atomic mass is 35.5. The standard InChI is InChI=1S/C11H15Cl2NO2/c12-4-8(13)5-14-10-7-2-1-6(3-7)9(10)11(15)16/h4,6-7,9-10,14H,1-3,5H2,(H,15,16). The van der Waals surface area contributed by atoms with Crippen LogP contribution in [0.4, 0.5) is 0 Å². The van der Waals surface area contributed by atoms with Crippen molar-refractivity contribution < 1.29 is 9.90 Å². The van der Waals surface area contributed by atoms with E-state index in [1.165, 1.54) is 5.54 Å². The minimum absolute atomic E-state index is 0.0571. The molecule has 2 saturated carbocycles. The highest BCUT2D eigenvalue weighted by Crippen LogP contribution is 2.48. The highest BCUT2D eigenvalue weighted by Gasteiger charge is 2.50. The van der Waals surface area contributed by atoms with Crippen molar-refractivity contribution in [3.05, 3.63) is 10.6 Å². The van der Waals surface area contributed by atoms with Gasteiger partial charge in [-0.15, -0.1) is 0 Å². The van der Waals surface area contributed by atoms with Crippen LogP contribution in [0, 0.1) is 17.8 Å². The van der Waals surface area contributed by atoms with Crippen molar-refractivity contribution in [3.8, 4) is 0 Å². The minimum Gasteiger partial charge on any atom is -0.481 e. The van der Waals surface area contributed by atoms with Crippen molar-refractivity contribution in [3.63, 3.8) is 0 Å². The zero-order valence-corrected chi connectivity index (χ0v) is 10.3. The second-order valence-corrected chi connectivity index (χ2v) is 5.36. The molecule has 2 rings (SSSR count). The number of aliphatic carboxylic acids is 1. The lowest BCUT2D eigenvalue weighted by Crippen LogP contribution is -2.44. The molecule has 0 saturated heterocycles. The first-order valence-electron chi connectivity index (χ1n) is 5.54. The van der Waals surface area contributed by atoms with Gasteiger partial charge in [0, 0.05) is 23.2 Å². The number of fused-ring (bicyclic) bond motifs is 2. The van der Waals surface area contributed by atoms with Crippen LogP contribution < -0.4 is 5.32 Å². The summed E-state index contributed by atoms with van der Waals surface area (Å²) < 4.78 is 0. The number of hydrogen-bond acceptors (Lipinski definition) is 2. The quantitative estimate of drug-likeness (QED) is 0.819. The fourth-order valence-electron chi connectivity index (χ4n) is 3.19. The van der Waals surface area contributed by atoms with Gasteiger partial charge in [-0.05, 0) is 31.1 Å². The van der Waals surface area contributed by atoms with Crippen molar-refractivity contribution in [1.29, 1.82) is 0 Å². The summed E-state index contributed by atoms with van der Waals surface area (Å²) in [6.07, 6.45) is 3.23. The van der Waals surface area contributed by atoms with Crippen molar-refractivity contribution in [1.82, 2.24) is 5.32 Å². The zero-order chi connectivity index (χ0) is 11.7. The van der Waals surface area contributed by atoms with Crippen LogP contribution in [0.15, 0.2) is 10.6 Å². The molecule has 0 heterocycles. The molecule has 3 nitrogen and oxygen atoms in total. The number of carboxylic acids is 1. The molecule has 2 aliphatic rings. The van der Waals surface area contributed by atoms with Gasteiger partial charge in [-0.3, -0.25) is 4.79 Å². The SMILES string of the molecule is O=C(O)C1C2CCC(C2)C1NCC(Cl)=CCl. The summed E-state index contributed by atoms with van der Waals surface area (Å²) in [4.78, 5) is 11.2. The van der Waals surface area contributed by atoms with Crippen LogP contribution in [0.25, 0.3) is 0 Å². The van der Waals surface area contributed by atoms with E-state index in [0.717, 1.165) is 19.3 Å². The zero-order valence-electron chi connectivity index (χ0n) is 8.83. The van der Waals surface area contributed by atoms with Crippen molar-refractivity contribution in [2.24, 2.45) is 17.8 Å². The molecule has 2 bridgehead atoms. The van der Waals surface area contributed by atoms with E-state index >= 15 is 0 Å². The van der Waals surface area contributed by atoms with E-state index in [4.69, 9.17) is 23.2 Å². The number of carbonyl (C=O) groups is 1. The summed E-state index contributed by atoms with van der Waals surface area (Å²) in [5, 5.41) is 13.0. The molecule has 4 atom stereocenters. The van der Waals surface area contributed by atoms with Gasteiger partial charge in [-0.1, -0.05) is 23.2 Å². The third kappa shape index (κ3) is 2.22. The summed E-state index contributed by atoms with van der Waals surface area (Å²) in [6, 6.07) is 0.0571. The van der Waals surface area contributed by atoms with E-state index < -0.39 is 5.97 Å². The summed E-state index contributed by atoms with van der Waals surface area (Å²) in [5.74, 6) is -0.0983. The predicted molar refractivity (Wildman–Crippen MR) is 63.5 cm³/mol. The van der Waals surface area contributed by atoms with Crippen LogP contribution in [-0.4, -0.2) is 23.7 Å². The van der Waals surface area contributed by atoms with Crippen LogP contribution in [0.5, 0.6) is 0 Å². The number of rotatable bonds is 4. The van der Waals surface area contributed by atoms with Gasteiger partial charge in [-0.2, -0.15) is 0 Å². The van der Waals surface area contributed by atoms with Crippen LogP contribution in [0.3, 0.4) is 0 Å². The van der Waals surface area contributed by atoms with E-state index in [0.29, 0.717) is 23.4 Å². The molecule has 4 unspecified atom stereocenters. The maximum Gasteiger partial charge on any atom is 0.308 e. The summed E-state index contributed by atoms with van der Waals surface area (Å²) in [7, 11) is 0. The molecule has 0 spiro atoms. The molecule has 0 aromatic rings. The summed E-state index contributed by atoms with van der Waals surface area (Å²) in [5.41, 5.74) is 1.32. The first kappa shape index (κ1) is 12.2. The Morgan fingerprint density at radius 2 is 2.12 bits per heavy atom. The van der Waals surface area contributed by atoms with Gasteiger partial charge in [0.1, 0.15) is 0 Å². The molecule has 0 aliphatic heterocycles. The second kappa shape index (κ2) is 4.94. The Balaban J connectivity index is 1.99. The third-order valence-corrected chi connectivity index (χ3v) is 4.44. The van der Waals surface area contributed by atoms with Gasteiger partial charge in [-0.25, -0.2) is 0 Å². The van der Waals surface area contributed by atoms with Crippen molar-refractivity contribution in [2.75, 3.05) is 6.54 Å². The minimum atomic E-state index is -0.685. The number of carboxylic acid groups (broad SMARTS) is 1. The largest absolute Gasteiger partial charge is 0.481 e. The third-order valence-electron chi connectivity index (χ3n) is 3.83. The van der Waals surface area contributed by atoms with Crippen molar-refractivity contribution >= 4 is 29.2 Å². The highest BCUT2D eigenvalue weighted by molar-refractivity contribution is 6.36. The smallest absolute Gasteiger partial charge is 0.308 e. The normalized spacial score (nSPS) is 38.0. The van der Waals surface area contributed by atoms with Crippen molar-refractivity contribution in [2.45, 2.75) is 25.3 Å². The first-order valence-corrected chi connectivity index (χ1v) is 6.36. The van der Waals surface area contributed by atoms with Crippen LogP contribution in [0.2, 0.25) is 0 Å². The monoisotopic (exact) mass is 263 g/mol. The Labute approximate surface area is 105 Å². The van der Waals surface area contributed by atoms with Gasteiger partial charge in [0.15, 0.2) is 0 Å². The fraction of sp³-hybridized carbons (Fsp3) is 0.727. The Kier molecular flexibility index (Phi) is 3.77. The lowest BCUT2D eigenvalue weighted by atomic mass is 9.84. The molecular formula is C11H15Cl2NO2. The first-order chi connectivity index (χ1) is 7.63. The number of halogens is 2. The average Bonchev–Trinajstić information content (AvgIpc) is 2.84. The molecule has 2 aliphatic carbocycles. The van der Waals surface area contributed by atoms with E-state index in [1.807, 2.05) is 0 Å². The van der Waals surface area contributed by atoms with Gasteiger partial charge < -0.3 is 10.4 Å². The van der Waals surface area contributed by atoms with Crippen LogP contribution in [-0.2, 0) is 4.79 Å². The van der Waals surface area contributed by atoms with E-state index in [1.54, 1.807) is 0 Å². The lowest BCUT2D eigenvalue weighted by molar-refractivity contribution is -0.144. The molecule has 16 heavy (non-hydrogen) atoms. The molecular weight excluding hydrogens is 249 g/mol. The summed E-state index contributed by atoms with van der Waals surface area (Å²) in [6.45, 7) is 0.461. The maximum absolute atomic E-state index is 11.2. The van der Waals surface area contributed by atoms with E-state index in [9.17, 15) is 9.90 Å². The second-order valence-electron chi connectivity index (χ2n) is 4.66. The Bertz CT molecular complexity index is 319. The van der Waals surface area contributed by atoms with Gasteiger partial charge in [0.25, 0.3) is 0 Å². The molecule has 0 radical (unpaired) electrons. The van der Waals surface area contributed by atoms with E-state index in [2.05, 4.69) is 5.32 Å². The van der Waals surface area contributed by atoms with Gasteiger partial charge in [0.05, 0.1) is 5.92 Å². The molecule has 2 N–H and O–H groups in total. The molecule has 0 aromatic heterocycles. The van der Waals surface area contributed by atoms with Gasteiger partial charge in [0.2, 0.25) is 0 Å². The predicted octanol–water partition coefficient (Wildman–Crippen LogP) is 2.39. The number of hydrogen-bond donors (Lipinski definition) is 2. The molecule has 90 valence electrons. The molecule has 0 aromatic carbocycles. The topological polar surface area (TPSA) is 49.3 Å². The number of nitrogens with one attached hydrogen (secondary N) is 1. The average molecular weight is 264 g/mol. The molecule has 2 fully saturated rings. The maximum atomic E-state index is 11.2. The Morgan fingerprint density at radius 1 is 1.44 bits per heavy atom. The van der Waals surface area contributed by atoms with E-state index in [-0.39, 0.29) is 12.0 Å².